The van der Waals surface area contributed by atoms with Gasteiger partial charge in [0.25, 0.3) is 0 Å². The number of benzene rings is 6. The zero-order valence-electron chi connectivity index (χ0n) is 30.4. The number of amides is 2. The van der Waals surface area contributed by atoms with Gasteiger partial charge in [0.2, 0.25) is 0 Å². The van der Waals surface area contributed by atoms with E-state index in [1.54, 1.807) is 0 Å². The summed E-state index contributed by atoms with van der Waals surface area (Å²) in [5, 5.41) is 31.4. The van der Waals surface area contributed by atoms with Crippen LogP contribution in [0.15, 0.2) is 182 Å². The third-order valence-corrected chi connectivity index (χ3v) is 10.1. The second-order valence-electron chi connectivity index (χ2n) is 14.3. The van der Waals surface area contributed by atoms with Crippen LogP contribution in [0.25, 0.3) is 0 Å². The first-order valence-corrected chi connectivity index (χ1v) is 18.6. The minimum atomic E-state index is -1.47. The van der Waals surface area contributed by atoms with E-state index < -0.39 is 35.1 Å². The van der Waals surface area contributed by atoms with Crippen molar-refractivity contribution in [2.24, 2.45) is 0 Å². The molecule has 0 saturated carbocycles. The maximum Gasteiger partial charge on any atom is 0.309 e. The highest BCUT2D eigenvalue weighted by Crippen LogP contribution is 2.28. The standard InChI is InChI=1S/C48H48N2O4/c51-45(49-43(31-37-19-7-1-8-20-37)47(53,33-39-23-11-3-12-24-39)34-40-25-13-4-14-26-40)46(52)50-44(32-38-21-9-2-10-22-38)48(54,35-41-27-15-5-16-28-41)36-42-29-17-6-18-30-42/h1-30,43-44,53-54H,31-36H2,(H,49,51)(H,50,52). The summed E-state index contributed by atoms with van der Waals surface area (Å²) in [6.45, 7) is 0. The van der Waals surface area contributed by atoms with Gasteiger partial charge in [0, 0.05) is 25.7 Å². The molecule has 0 radical (unpaired) electrons. The number of hydrogen-bond donors (Lipinski definition) is 4. The van der Waals surface area contributed by atoms with Crippen molar-refractivity contribution in [3.05, 3.63) is 215 Å². The summed E-state index contributed by atoms with van der Waals surface area (Å²) >= 11 is 0. The van der Waals surface area contributed by atoms with E-state index in [9.17, 15) is 19.8 Å². The summed E-state index contributed by atoms with van der Waals surface area (Å²) < 4.78 is 0. The molecule has 0 aliphatic rings. The Morgan fingerprint density at radius 2 is 0.574 bits per heavy atom. The molecule has 2 atom stereocenters. The molecular formula is C48H48N2O4. The Bertz CT molecular complexity index is 1790. The van der Waals surface area contributed by atoms with E-state index >= 15 is 0 Å². The summed E-state index contributed by atoms with van der Waals surface area (Å²) in [6, 6.07) is 56.4. The van der Waals surface area contributed by atoms with E-state index in [4.69, 9.17) is 0 Å². The predicted octanol–water partition coefficient (Wildman–Crippen LogP) is 6.87. The van der Waals surface area contributed by atoms with Crippen LogP contribution in [0, 0.1) is 0 Å². The molecule has 0 bridgehead atoms. The Morgan fingerprint density at radius 3 is 0.796 bits per heavy atom. The van der Waals surface area contributed by atoms with Crippen molar-refractivity contribution in [1.82, 2.24) is 10.6 Å². The Kier molecular flexibility index (Phi) is 12.8. The number of carbonyl (C=O) groups excluding carboxylic acids is 2. The fourth-order valence-electron chi connectivity index (χ4n) is 7.31. The average molecular weight is 717 g/mol. The van der Waals surface area contributed by atoms with E-state index in [1.807, 2.05) is 182 Å². The highest BCUT2D eigenvalue weighted by Gasteiger charge is 2.42. The first kappa shape index (κ1) is 37.9. The van der Waals surface area contributed by atoms with Crippen molar-refractivity contribution in [3.8, 4) is 0 Å². The molecule has 4 N–H and O–H groups in total. The van der Waals surface area contributed by atoms with Gasteiger partial charge in [-0.15, -0.1) is 0 Å². The van der Waals surface area contributed by atoms with Crippen LogP contribution in [0.5, 0.6) is 0 Å². The van der Waals surface area contributed by atoms with Gasteiger partial charge in [-0.05, 0) is 46.2 Å². The first-order valence-electron chi connectivity index (χ1n) is 18.6. The van der Waals surface area contributed by atoms with Gasteiger partial charge in [-0.25, -0.2) is 0 Å². The van der Waals surface area contributed by atoms with Crippen LogP contribution in [-0.2, 0) is 48.1 Å². The van der Waals surface area contributed by atoms with Gasteiger partial charge in [0.15, 0.2) is 0 Å². The molecule has 0 aliphatic heterocycles. The van der Waals surface area contributed by atoms with Gasteiger partial charge >= 0.3 is 11.8 Å². The topological polar surface area (TPSA) is 98.7 Å². The van der Waals surface area contributed by atoms with Crippen molar-refractivity contribution in [1.29, 1.82) is 0 Å². The largest absolute Gasteiger partial charge is 0.387 e. The van der Waals surface area contributed by atoms with Crippen LogP contribution in [0.2, 0.25) is 0 Å². The monoisotopic (exact) mass is 716 g/mol. The molecule has 2 unspecified atom stereocenters. The van der Waals surface area contributed by atoms with E-state index in [0.29, 0.717) is 0 Å². The number of rotatable bonds is 16. The Labute approximate surface area is 318 Å². The van der Waals surface area contributed by atoms with Gasteiger partial charge < -0.3 is 20.8 Å². The molecule has 0 aromatic heterocycles. The summed E-state index contributed by atoms with van der Waals surface area (Å²) in [7, 11) is 0. The lowest BCUT2D eigenvalue weighted by Crippen LogP contribution is -2.62. The van der Waals surface area contributed by atoms with Crippen LogP contribution in [0.4, 0.5) is 0 Å². The fourth-order valence-corrected chi connectivity index (χ4v) is 7.31. The lowest BCUT2D eigenvalue weighted by atomic mass is 9.79. The fraction of sp³-hybridized carbons (Fsp3) is 0.208. The van der Waals surface area contributed by atoms with Crippen molar-refractivity contribution in [2.45, 2.75) is 61.8 Å². The van der Waals surface area contributed by atoms with E-state index in [-0.39, 0.29) is 38.5 Å². The molecule has 6 aromatic carbocycles. The Hall–Kier alpha value is -5.82. The van der Waals surface area contributed by atoms with Crippen LogP contribution in [0.3, 0.4) is 0 Å². The average Bonchev–Trinajstić information content (AvgIpc) is 3.19. The molecule has 2 amide bonds. The molecule has 274 valence electrons. The SMILES string of the molecule is O=C(NC(Cc1ccccc1)C(O)(Cc1ccccc1)Cc1ccccc1)C(=O)NC(Cc1ccccc1)C(O)(Cc1ccccc1)Cc1ccccc1. The first-order chi connectivity index (χ1) is 26.3. The van der Waals surface area contributed by atoms with E-state index in [1.165, 1.54) is 0 Å². The number of hydrogen-bond acceptors (Lipinski definition) is 4. The minimum absolute atomic E-state index is 0.243. The van der Waals surface area contributed by atoms with Gasteiger partial charge in [0.05, 0.1) is 23.3 Å². The molecule has 6 nitrogen and oxygen atoms in total. The Balaban J connectivity index is 1.33. The van der Waals surface area contributed by atoms with Crippen molar-refractivity contribution < 1.29 is 19.8 Å². The molecule has 0 spiro atoms. The molecule has 6 heteroatoms. The summed E-state index contributed by atoms with van der Waals surface area (Å²) in [5.41, 5.74) is 2.49. The highest BCUT2D eigenvalue weighted by atomic mass is 16.3. The lowest BCUT2D eigenvalue weighted by molar-refractivity contribution is -0.142. The van der Waals surface area contributed by atoms with Crippen molar-refractivity contribution in [3.63, 3.8) is 0 Å². The van der Waals surface area contributed by atoms with Gasteiger partial charge in [-0.1, -0.05) is 182 Å². The van der Waals surface area contributed by atoms with Gasteiger partial charge in [-0.3, -0.25) is 9.59 Å². The highest BCUT2D eigenvalue weighted by molar-refractivity contribution is 6.35. The van der Waals surface area contributed by atoms with Crippen LogP contribution in [-0.4, -0.2) is 45.3 Å². The van der Waals surface area contributed by atoms with Gasteiger partial charge in [0.1, 0.15) is 0 Å². The zero-order chi connectivity index (χ0) is 37.6. The molecule has 0 aliphatic carbocycles. The third kappa shape index (κ3) is 10.6. The normalized spacial score (nSPS) is 12.7. The lowest BCUT2D eigenvalue weighted by Gasteiger charge is -2.39. The minimum Gasteiger partial charge on any atom is -0.387 e. The van der Waals surface area contributed by atoms with Crippen molar-refractivity contribution in [2.75, 3.05) is 0 Å². The third-order valence-electron chi connectivity index (χ3n) is 10.1. The molecule has 54 heavy (non-hydrogen) atoms. The van der Waals surface area contributed by atoms with E-state index in [0.717, 1.165) is 33.4 Å². The summed E-state index contributed by atoms with van der Waals surface area (Å²) in [5.74, 6) is -1.76. The summed E-state index contributed by atoms with van der Waals surface area (Å²) in [6.07, 6.45) is 1.55. The van der Waals surface area contributed by atoms with Crippen molar-refractivity contribution >= 4 is 11.8 Å². The van der Waals surface area contributed by atoms with Crippen LogP contribution < -0.4 is 10.6 Å². The predicted molar refractivity (Wildman–Crippen MR) is 215 cm³/mol. The molecule has 0 saturated heterocycles. The molecule has 0 fully saturated rings. The molecule has 6 rings (SSSR count). The molecule has 0 heterocycles. The van der Waals surface area contributed by atoms with Crippen LogP contribution >= 0.6 is 0 Å². The quantitative estimate of drug-likeness (QED) is 0.0822. The number of nitrogens with one attached hydrogen (secondary N) is 2. The number of aliphatic hydroxyl groups is 2. The van der Waals surface area contributed by atoms with Crippen LogP contribution in [0.1, 0.15) is 33.4 Å². The number of carbonyl (C=O) groups is 2. The second-order valence-corrected chi connectivity index (χ2v) is 14.3. The molecular weight excluding hydrogens is 669 g/mol. The maximum absolute atomic E-state index is 14.2. The summed E-state index contributed by atoms with van der Waals surface area (Å²) in [4.78, 5) is 28.4. The van der Waals surface area contributed by atoms with E-state index in [2.05, 4.69) is 10.6 Å². The zero-order valence-corrected chi connectivity index (χ0v) is 30.4. The second kappa shape index (κ2) is 18.3. The smallest absolute Gasteiger partial charge is 0.309 e. The molecule has 6 aromatic rings. The maximum atomic E-state index is 14.2. The van der Waals surface area contributed by atoms with Gasteiger partial charge in [-0.2, -0.15) is 0 Å². The Morgan fingerprint density at radius 1 is 0.370 bits per heavy atom.